The van der Waals surface area contributed by atoms with Crippen molar-refractivity contribution >= 4 is 23.2 Å². The minimum atomic E-state index is -0.392. The van der Waals surface area contributed by atoms with Gasteiger partial charge in [0, 0.05) is 36.6 Å². The lowest BCUT2D eigenvalue weighted by Crippen LogP contribution is -2.47. The van der Waals surface area contributed by atoms with Crippen molar-refractivity contribution in [1.82, 2.24) is 4.90 Å². The van der Waals surface area contributed by atoms with E-state index in [2.05, 4.69) is 10.2 Å². The van der Waals surface area contributed by atoms with E-state index in [0.717, 1.165) is 37.2 Å². The zero-order valence-electron chi connectivity index (χ0n) is 12.7. The van der Waals surface area contributed by atoms with Crippen molar-refractivity contribution in [2.24, 2.45) is 0 Å². The first-order chi connectivity index (χ1) is 10.6. The molecule has 0 bridgehead atoms. The van der Waals surface area contributed by atoms with Gasteiger partial charge in [-0.15, -0.1) is 0 Å². The number of ether oxygens (including phenoxy) is 2. The quantitative estimate of drug-likeness (QED) is 0.927. The summed E-state index contributed by atoms with van der Waals surface area (Å²) in [7, 11) is 0. The molecule has 0 atom stereocenters. The van der Waals surface area contributed by atoms with Crippen molar-refractivity contribution in [1.29, 1.82) is 0 Å². The van der Waals surface area contributed by atoms with E-state index >= 15 is 0 Å². The predicted octanol–water partition coefficient (Wildman–Crippen LogP) is 2.43. The second kappa shape index (κ2) is 6.54. The Bertz CT molecular complexity index is 548. The fraction of sp³-hybridized carbons (Fsp3) is 0.562. The highest BCUT2D eigenvalue weighted by molar-refractivity contribution is 6.31. The van der Waals surface area contributed by atoms with Gasteiger partial charge in [-0.2, -0.15) is 0 Å². The maximum absolute atomic E-state index is 12.2. The summed E-state index contributed by atoms with van der Waals surface area (Å²) in [6.07, 6.45) is 1.63. The number of benzene rings is 1. The average molecular weight is 325 g/mol. The summed E-state index contributed by atoms with van der Waals surface area (Å²) in [5, 5.41) is 3.59. The number of carbonyl (C=O) groups is 1. The zero-order valence-corrected chi connectivity index (χ0v) is 13.5. The van der Waals surface area contributed by atoms with E-state index < -0.39 is 5.79 Å². The summed E-state index contributed by atoms with van der Waals surface area (Å²) in [6, 6.07) is 5.52. The van der Waals surface area contributed by atoms with Crippen molar-refractivity contribution in [3.63, 3.8) is 0 Å². The van der Waals surface area contributed by atoms with E-state index in [-0.39, 0.29) is 5.91 Å². The number of carbonyl (C=O) groups excluding carboxylic acids is 1. The maximum Gasteiger partial charge on any atom is 0.238 e. The summed E-state index contributed by atoms with van der Waals surface area (Å²) in [6.45, 7) is 5.24. The fourth-order valence-electron chi connectivity index (χ4n) is 2.97. The Morgan fingerprint density at radius 1 is 1.32 bits per heavy atom. The molecule has 0 unspecified atom stereocenters. The molecule has 2 fully saturated rings. The Kier molecular flexibility index (Phi) is 4.68. The van der Waals surface area contributed by atoms with Crippen molar-refractivity contribution < 1.29 is 14.3 Å². The van der Waals surface area contributed by atoms with Gasteiger partial charge in [0.15, 0.2) is 5.79 Å². The summed E-state index contributed by atoms with van der Waals surface area (Å²) in [4.78, 5) is 14.3. The number of hydrogen-bond acceptors (Lipinski definition) is 4. The highest BCUT2D eigenvalue weighted by atomic mass is 35.5. The lowest BCUT2D eigenvalue weighted by atomic mass is 10.0. The molecule has 120 valence electrons. The third-order valence-electron chi connectivity index (χ3n) is 4.34. The van der Waals surface area contributed by atoms with Gasteiger partial charge >= 0.3 is 0 Å². The van der Waals surface area contributed by atoms with E-state index in [0.29, 0.717) is 24.8 Å². The normalized spacial score (nSPS) is 21.2. The van der Waals surface area contributed by atoms with Crippen LogP contribution in [0.25, 0.3) is 0 Å². The first-order valence-corrected chi connectivity index (χ1v) is 8.01. The molecule has 6 heteroatoms. The van der Waals surface area contributed by atoms with Crippen molar-refractivity contribution in [3.8, 4) is 0 Å². The second-order valence-electron chi connectivity index (χ2n) is 5.84. The number of rotatable bonds is 3. The third-order valence-corrected chi connectivity index (χ3v) is 4.75. The number of hydrogen-bond donors (Lipinski definition) is 1. The molecule has 0 aromatic heterocycles. The van der Waals surface area contributed by atoms with Gasteiger partial charge in [-0.25, -0.2) is 0 Å². The molecule has 0 saturated carbocycles. The van der Waals surface area contributed by atoms with E-state index in [1.807, 2.05) is 25.1 Å². The largest absolute Gasteiger partial charge is 0.347 e. The Morgan fingerprint density at radius 3 is 2.68 bits per heavy atom. The molecule has 2 saturated heterocycles. The molecule has 5 nitrogen and oxygen atoms in total. The van der Waals surface area contributed by atoms with Gasteiger partial charge in [0.25, 0.3) is 0 Å². The minimum absolute atomic E-state index is 0.0189. The Morgan fingerprint density at radius 2 is 2.00 bits per heavy atom. The van der Waals surface area contributed by atoms with Crippen LogP contribution in [0.3, 0.4) is 0 Å². The first-order valence-electron chi connectivity index (χ1n) is 7.63. The second-order valence-corrected chi connectivity index (χ2v) is 6.25. The topological polar surface area (TPSA) is 50.8 Å². The van der Waals surface area contributed by atoms with Gasteiger partial charge in [0.1, 0.15) is 0 Å². The van der Waals surface area contributed by atoms with Crippen LogP contribution in [0.4, 0.5) is 5.69 Å². The molecular formula is C16H21ClN2O3. The monoisotopic (exact) mass is 324 g/mol. The van der Waals surface area contributed by atoms with Gasteiger partial charge in [-0.1, -0.05) is 17.7 Å². The maximum atomic E-state index is 12.2. The molecule has 1 N–H and O–H groups in total. The highest BCUT2D eigenvalue weighted by Gasteiger charge is 2.39. The smallest absolute Gasteiger partial charge is 0.238 e. The molecule has 2 heterocycles. The average Bonchev–Trinajstić information content (AvgIpc) is 2.95. The zero-order chi connectivity index (χ0) is 15.6. The predicted molar refractivity (Wildman–Crippen MR) is 85.1 cm³/mol. The Labute approximate surface area is 135 Å². The summed E-state index contributed by atoms with van der Waals surface area (Å²) < 4.78 is 11.4. The van der Waals surface area contributed by atoms with Crippen molar-refractivity contribution in [2.75, 3.05) is 38.2 Å². The third kappa shape index (κ3) is 3.43. The fourth-order valence-corrected chi connectivity index (χ4v) is 3.15. The van der Waals surface area contributed by atoms with Crippen LogP contribution in [-0.4, -0.2) is 49.4 Å². The number of piperidine rings is 1. The van der Waals surface area contributed by atoms with E-state index in [4.69, 9.17) is 21.1 Å². The SMILES string of the molecule is Cc1c(Cl)cccc1NC(=O)CN1CCC2(CC1)OCCO2. The van der Waals surface area contributed by atoms with E-state index in [1.165, 1.54) is 0 Å². The Balaban J connectivity index is 1.51. The summed E-state index contributed by atoms with van der Waals surface area (Å²) >= 11 is 6.07. The van der Waals surface area contributed by atoms with Crippen molar-refractivity contribution in [2.45, 2.75) is 25.6 Å². The molecule has 1 amide bonds. The van der Waals surface area contributed by atoms with E-state index in [1.54, 1.807) is 0 Å². The van der Waals surface area contributed by atoms with Crippen LogP contribution < -0.4 is 5.32 Å². The molecule has 3 rings (SSSR count). The van der Waals surface area contributed by atoms with Crippen LogP contribution in [0.2, 0.25) is 5.02 Å². The highest BCUT2D eigenvalue weighted by Crippen LogP contribution is 2.31. The first kappa shape index (κ1) is 15.7. The molecular weight excluding hydrogens is 304 g/mol. The molecule has 0 aliphatic carbocycles. The van der Waals surface area contributed by atoms with Gasteiger partial charge in [0.2, 0.25) is 5.91 Å². The number of amides is 1. The van der Waals surface area contributed by atoms with Crippen LogP contribution in [0, 0.1) is 6.92 Å². The van der Waals surface area contributed by atoms with Crippen LogP contribution in [0.1, 0.15) is 18.4 Å². The van der Waals surface area contributed by atoms with Crippen LogP contribution in [0.15, 0.2) is 18.2 Å². The minimum Gasteiger partial charge on any atom is -0.347 e. The molecule has 2 aliphatic heterocycles. The molecule has 1 spiro atoms. The lowest BCUT2D eigenvalue weighted by molar-refractivity contribution is -0.185. The number of nitrogens with zero attached hydrogens (tertiary/aromatic N) is 1. The van der Waals surface area contributed by atoms with Gasteiger partial charge in [0.05, 0.1) is 19.8 Å². The molecule has 1 aromatic rings. The number of halogens is 1. The molecule has 22 heavy (non-hydrogen) atoms. The van der Waals surface area contributed by atoms with Gasteiger partial charge in [-0.05, 0) is 24.6 Å². The molecule has 1 aromatic carbocycles. The number of likely N-dealkylation sites (tertiary alicyclic amines) is 1. The summed E-state index contributed by atoms with van der Waals surface area (Å²) in [5.41, 5.74) is 1.66. The summed E-state index contributed by atoms with van der Waals surface area (Å²) in [5.74, 6) is -0.411. The van der Waals surface area contributed by atoms with Crippen LogP contribution in [0.5, 0.6) is 0 Å². The number of anilines is 1. The van der Waals surface area contributed by atoms with Gasteiger partial charge in [-0.3, -0.25) is 9.69 Å². The molecule has 2 aliphatic rings. The lowest BCUT2D eigenvalue weighted by Gasteiger charge is -2.37. The van der Waals surface area contributed by atoms with Gasteiger partial charge < -0.3 is 14.8 Å². The number of nitrogens with one attached hydrogen (secondary N) is 1. The van der Waals surface area contributed by atoms with Crippen LogP contribution in [-0.2, 0) is 14.3 Å². The Hall–Kier alpha value is -1.14. The van der Waals surface area contributed by atoms with Crippen LogP contribution >= 0.6 is 11.6 Å². The molecule has 0 radical (unpaired) electrons. The standard InChI is InChI=1S/C16H21ClN2O3/c1-12-13(17)3-2-4-14(12)18-15(20)11-19-7-5-16(6-8-19)21-9-10-22-16/h2-4H,5-11H2,1H3,(H,18,20). The van der Waals surface area contributed by atoms with Crippen molar-refractivity contribution in [3.05, 3.63) is 28.8 Å². The van der Waals surface area contributed by atoms with E-state index in [9.17, 15) is 4.79 Å².